The van der Waals surface area contributed by atoms with E-state index in [1.54, 1.807) is 0 Å². The van der Waals surface area contributed by atoms with E-state index in [4.69, 9.17) is 8.83 Å². The van der Waals surface area contributed by atoms with Crippen LogP contribution in [-0.2, 0) is 0 Å². The molecule has 0 radical (unpaired) electrons. The van der Waals surface area contributed by atoms with Gasteiger partial charge in [0.2, 0.25) is 0 Å². The number of nitrogens with zero attached hydrogens (tertiary/aromatic N) is 1. The Kier molecular flexibility index (Phi) is 5.41. The van der Waals surface area contributed by atoms with Gasteiger partial charge >= 0.3 is 0 Å². The summed E-state index contributed by atoms with van der Waals surface area (Å²) in [6.45, 7) is 2.16. The van der Waals surface area contributed by atoms with Crippen molar-refractivity contribution < 1.29 is 8.83 Å². The van der Waals surface area contributed by atoms with Crippen molar-refractivity contribution in [1.29, 1.82) is 0 Å². The van der Waals surface area contributed by atoms with Crippen LogP contribution in [-0.4, -0.2) is 0 Å². The molecule has 0 saturated carbocycles. The lowest BCUT2D eigenvalue weighted by atomic mass is 9.99. The van der Waals surface area contributed by atoms with Gasteiger partial charge in [-0.25, -0.2) is 0 Å². The van der Waals surface area contributed by atoms with Crippen molar-refractivity contribution in [1.82, 2.24) is 0 Å². The highest BCUT2D eigenvalue weighted by molar-refractivity contribution is 6.20. The number of aryl methyl sites for hydroxylation is 1. The third-order valence-electron chi connectivity index (χ3n) is 8.76. The molecule has 0 N–H and O–H groups in total. The number of anilines is 3. The topological polar surface area (TPSA) is 29.5 Å². The molecule has 9 rings (SSSR count). The predicted octanol–water partition coefficient (Wildman–Crippen LogP) is 12.1. The van der Waals surface area contributed by atoms with Crippen LogP contribution >= 0.6 is 0 Å². The molecule has 0 saturated heterocycles. The van der Waals surface area contributed by atoms with Gasteiger partial charge in [0.05, 0.1) is 5.69 Å². The van der Waals surface area contributed by atoms with Crippen molar-refractivity contribution in [2.24, 2.45) is 0 Å². The monoisotopic (exact) mass is 565 g/mol. The second-order valence-corrected chi connectivity index (χ2v) is 11.4. The van der Waals surface area contributed by atoms with Crippen molar-refractivity contribution in [2.75, 3.05) is 4.90 Å². The van der Waals surface area contributed by atoms with Crippen molar-refractivity contribution in [2.45, 2.75) is 6.92 Å². The van der Waals surface area contributed by atoms with Gasteiger partial charge in [-0.2, -0.15) is 0 Å². The highest BCUT2D eigenvalue weighted by Crippen LogP contribution is 2.46. The number of furan rings is 2. The highest BCUT2D eigenvalue weighted by Gasteiger charge is 2.22. The van der Waals surface area contributed by atoms with Gasteiger partial charge in [0.25, 0.3) is 0 Å². The summed E-state index contributed by atoms with van der Waals surface area (Å²) >= 11 is 0. The Labute approximate surface area is 254 Å². The lowest BCUT2D eigenvalue weighted by Gasteiger charge is -2.27. The van der Waals surface area contributed by atoms with E-state index in [1.165, 1.54) is 11.1 Å². The molecule has 0 aliphatic carbocycles. The van der Waals surface area contributed by atoms with Crippen LogP contribution in [0.15, 0.2) is 154 Å². The minimum Gasteiger partial charge on any atom is -0.456 e. The molecule has 0 aliphatic heterocycles. The smallest absolute Gasteiger partial charge is 0.143 e. The van der Waals surface area contributed by atoms with E-state index >= 15 is 0 Å². The first kappa shape index (κ1) is 24.8. The number of benzene rings is 7. The average Bonchev–Trinajstić information content (AvgIpc) is 3.64. The molecule has 2 aromatic heterocycles. The third-order valence-corrected chi connectivity index (χ3v) is 8.76. The fraction of sp³-hybridized carbons (Fsp3) is 0.0244. The van der Waals surface area contributed by atoms with E-state index in [1.807, 2.05) is 12.1 Å². The number of hydrogen-bond donors (Lipinski definition) is 0. The first-order valence-corrected chi connectivity index (χ1v) is 14.9. The number of fused-ring (bicyclic) bond motifs is 8. The van der Waals surface area contributed by atoms with Gasteiger partial charge in [-0.05, 0) is 66.1 Å². The minimum absolute atomic E-state index is 0.864. The Morgan fingerprint density at radius 3 is 2.00 bits per heavy atom. The predicted molar refractivity (Wildman–Crippen MR) is 183 cm³/mol. The molecule has 44 heavy (non-hydrogen) atoms. The zero-order valence-corrected chi connectivity index (χ0v) is 24.1. The Hall–Kier alpha value is -5.80. The fourth-order valence-corrected chi connectivity index (χ4v) is 6.73. The molecule has 3 nitrogen and oxygen atoms in total. The number of rotatable bonds is 4. The maximum atomic E-state index is 6.53. The molecule has 0 bridgehead atoms. The molecule has 3 heteroatoms. The standard InChI is InChI=1S/C41H27NO2/c1-26-11-9-20-38-40(26)35-25-36(31-16-5-6-18-34(31)41(35)44-38)42(29-15-10-14-28(23-29)27-12-3-2-4-13-27)30-21-22-33-32-17-7-8-19-37(32)43-39(33)24-30/h2-25H,1H3. The maximum Gasteiger partial charge on any atom is 0.143 e. The normalized spacial score (nSPS) is 11.8. The molecule has 0 aliphatic rings. The summed E-state index contributed by atoms with van der Waals surface area (Å²) in [6.07, 6.45) is 0. The van der Waals surface area contributed by atoms with E-state index in [0.29, 0.717) is 0 Å². The number of para-hydroxylation sites is 1. The largest absolute Gasteiger partial charge is 0.456 e. The van der Waals surface area contributed by atoms with Gasteiger partial charge in [0.1, 0.15) is 22.3 Å². The van der Waals surface area contributed by atoms with Crippen LogP contribution in [0.25, 0.3) is 65.8 Å². The van der Waals surface area contributed by atoms with E-state index in [-0.39, 0.29) is 0 Å². The van der Waals surface area contributed by atoms with Crippen LogP contribution in [0.5, 0.6) is 0 Å². The molecular formula is C41H27NO2. The lowest BCUT2D eigenvalue weighted by molar-refractivity contribution is 0.669. The Morgan fingerprint density at radius 1 is 0.432 bits per heavy atom. The summed E-state index contributed by atoms with van der Waals surface area (Å²) in [4.78, 5) is 2.36. The van der Waals surface area contributed by atoms with Crippen molar-refractivity contribution in [3.8, 4) is 11.1 Å². The van der Waals surface area contributed by atoms with Crippen LogP contribution in [0.3, 0.4) is 0 Å². The molecule has 0 unspecified atom stereocenters. The quantitative estimate of drug-likeness (QED) is 0.213. The zero-order chi connectivity index (χ0) is 29.2. The van der Waals surface area contributed by atoms with Crippen LogP contribution in [0, 0.1) is 6.92 Å². The fourth-order valence-electron chi connectivity index (χ4n) is 6.73. The third kappa shape index (κ3) is 3.76. The first-order chi connectivity index (χ1) is 21.7. The molecule has 7 aromatic carbocycles. The van der Waals surface area contributed by atoms with E-state index < -0.39 is 0 Å². The summed E-state index contributed by atoms with van der Waals surface area (Å²) in [7, 11) is 0. The molecule has 2 heterocycles. The second kappa shape index (κ2) is 9.62. The van der Waals surface area contributed by atoms with E-state index in [9.17, 15) is 0 Å². The summed E-state index contributed by atoms with van der Waals surface area (Å²) in [6, 6.07) is 51.2. The Morgan fingerprint density at radius 2 is 1.11 bits per heavy atom. The molecule has 9 aromatic rings. The summed E-state index contributed by atoms with van der Waals surface area (Å²) in [5.74, 6) is 0. The summed E-state index contributed by atoms with van der Waals surface area (Å²) in [5, 5.41) is 6.70. The van der Waals surface area contributed by atoms with Gasteiger partial charge in [0, 0.05) is 49.8 Å². The maximum absolute atomic E-state index is 6.53. The van der Waals surface area contributed by atoms with Gasteiger partial charge in [0.15, 0.2) is 0 Å². The second-order valence-electron chi connectivity index (χ2n) is 11.4. The lowest BCUT2D eigenvalue weighted by Crippen LogP contribution is -2.10. The van der Waals surface area contributed by atoms with Gasteiger partial charge in [-0.3, -0.25) is 0 Å². The van der Waals surface area contributed by atoms with Gasteiger partial charge in [-0.15, -0.1) is 0 Å². The van der Waals surface area contributed by atoms with Crippen LogP contribution in [0.1, 0.15) is 5.56 Å². The van der Waals surface area contributed by atoms with E-state index in [0.717, 1.165) is 77.3 Å². The van der Waals surface area contributed by atoms with Gasteiger partial charge < -0.3 is 13.7 Å². The van der Waals surface area contributed by atoms with Gasteiger partial charge in [-0.1, -0.05) is 97.1 Å². The van der Waals surface area contributed by atoms with E-state index in [2.05, 4.69) is 145 Å². The SMILES string of the molecule is Cc1cccc2oc3c4ccccc4c(N(c4cccc(-c5ccccc5)c4)c4ccc5c(c4)oc4ccccc45)cc3c12. The van der Waals surface area contributed by atoms with Crippen molar-refractivity contribution in [3.05, 3.63) is 151 Å². The van der Waals surface area contributed by atoms with Crippen LogP contribution in [0.4, 0.5) is 17.1 Å². The van der Waals surface area contributed by atoms with Crippen LogP contribution < -0.4 is 4.90 Å². The average molecular weight is 566 g/mol. The Bertz CT molecular complexity index is 2520. The molecule has 208 valence electrons. The van der Waals surface area contributed by atoms with Crippen molar-refractivity contribution in [3.63, 3.8) is 0 Å². The molecule has 0 amide bonds. The number of hydrogen-bond acceptors (Lipinski definition) is 3. The minimum atomic E-state index is 0.864. The molecule has 0 fully saturated rings. The highest BCUT2D eigenvalue weighted by atomic mass is 16.3. The molecule has 0 spiro atoms. The summed E-state index contributed by atoms with van der Waals surface area (Å²) in [5.41, 5.74) is 10.3. The van der Waals surface area contributed by atoms with Crippen molar-refractivity contribution >= 4 is 71.7 Å². The Balaban J connectivity index is 1.37. The summed E-state index contributed by atoms with van der Waals surface area (Å²) < 4.78 is 12.9. The molecule has 0 atom stereocenters. The zero-order valence-electron chi connectivity index (χ0n) is 24.1. The van der Waals surface area contributed by atoms with Crippen LogP contribution in [0.2, 0.25) is 0 Å². The first-order valence-electron chi connectivity index (χ1n) is 14.9. The molecular weight excluding hydrogens is 538 g/mol.